The lowest BCUT2D eigenvalue weighted by atomic mass is 10.1. The van der Waals surface area contributed by atoms with E-state index in [0.717, 1.165) is 17.7 Å². The molecule has 1 aromatic carbocycles. The smallest absolute Gasteiger partial charge is 0.257 e. The van der Waals surface area contributed by atoms with E-state index in [-0.39, 0.29) is 12.5 Å². The third-order valence-corrected chi connectivity index (χ3v) is 2.89. The van der Waals surface area contributed by atoms with Crippen molar-refractivity contribution in [3.63, 3.8) is 0 Å². The van der Waals surface area contributed by atoms with Crippen LogP contribution in [0.2, 0.25) is 0 Å². The van der Waals surface area contributed by atoms with Gasteiger partial charge in [0.15, 0.2) is 6.61 Å². The van der Waals surface area contributed by atoms with Crippen LogP contribution in [0.3, 0.4) is 0 Å². The van der Waals surface area contributed by atoms with E-state index in [2.05, 4.69) is 5.32 Å². The summed E-state index contributed by atoms with van der Waals surface area (Å²) in [5.41, 5.74) is 6.52. The zero-order valence-electron chi connectivity index (χ0n) is 12.7. The summed E-state index contributed by atoms with van der Waals surface area (Å²) in [5.74, 6) is 1.25. The highest BCUT2D eigenvalue weighted by atomic mass is 16.5. The van der Waals surface area contributed by atoms with E-state index in [9.17, 15) is 4.79 Å². The van der Waals surface area contributed by atoms with Gasteiger partial charge in [-0.25, -0.2) is 0 Å². The molecule has 118 valence electrons. The topological polar surface area (TPSA) is 82.8 Å². The maximum absolute atomic E-state index is 11.6. The number of methoxy groups -OCH3 is 2. The van der Waals surface area contributed by atoms with Crippen LogP contribution in [0.1, 0.15) is 12.0 Å². The Morgan fingerprint density at radius 2 is 2.14 bits per heavy atom. The first-order chi connectivity index (χ1) is 10.2. The molecule has 0 heterocycles. The van der Waals surface area contributed by atoms with Crippen LogP contribution in [-0.4, -0.2) is 46.4 Å². The average molecular weight is 296 g/mol. The van der Waals surface area contributed by atoms with Crippen molar-refractivity contribution in [3.05, 3.63) is 23.8 Å². The Hall–Kier alpha value is -1.79. The van der Waals surface area contributed by atoms with E-state index in [1.807, 2.05) is 6.07 Å². The summed E-state index contributed by atoms with van der Waals surface area (Å²) in [7, 11) is 3.24. The minimum atomic E-state index is -0.152. The molecule has 0 unspecified atom stereocenters. The number of benzene rings is 1. The van der Waals surface area contributed by atoms with Gasteiger partial charge in [0, 0.05) is 20.3 Å². The van der Waals surface area contributed by atoms with Crippen molar-refractivity contribution < 1.29 is 19.0 Å². The molecule has 0 fully saturated rings. The summed E-state index contributed by atoms with van der Waals surface area (Å²) in [6.45, 7) is 1.69. The fraction of sp³-hybridized carbons (Fsp3) is 0.533. The van der Waals surface area contributed by atoms with Crippen LogP contribution in [0.25, 0.3) is 0 Å². The predicted molar refractivity (Wildman–Crippen MR) is 80.8 cm³/mol. The quantitative estimate of drug-likeness (QED) is 0.622. The number of ether oxygens (including phenoxy) is 3. The molecule has 0 spiro atoms. The minimum Gasteiger partial charge on any atom is -0.497 e. The molecule has 0 radical (unpaired) electrons. The van der Waals surface area contributed by atoms with Gasteiger partial charge in [0.1, 0.15) is 11.5 Å². The van der Waals surface area contributed by atoms with Crippen molar-refractivity contribution in [2.24, 2.45) is 5.73 Å². The monoisotopic (exact) mass is 296 g/mol. The Kier molecular flexibility index (Phi) is 8.23. The van der Waals surface area contributed by atoms with Gasteiger partial charge in [-0.05, 0) is 43.1 Å². The van der Waals surface area contributed by atoms with Crippen LogP contribution in [0, 0.1) is 0 Å². The van der Waals surface area contributed by atoms with Gasteiger partial charge < -0.3 is 25.3 Å². The van der Waals surface area contributed by atoms with Crippen LogP contribution in [-0.2, 0) is 16.0 Å². The lowest BCUT2D eigenvalue weighted by Gasteiger charge is -2.12. The van der Waals surface area contributed by atoms with Gasteiger partial charge in [0.2, 0.25) is 0 Å². The Morgan fingerprint density at radius 3 is 2.81 bits per heavy atom. The average Bonchev–Trinajstić information content (AvgIpc) is 2.50. The molecular weight excluding hydrogens is 272 g/mol. The number of nitrogens with one attached hydrogen (secondary N) is 1. The molecule has 6 nitrogen and oxygen atoms in total. The molecule has 1 rings (SSSR count). The molecule has 0 aliphatic carbocycles. The second-order valence-electron chi connectivity index (χ2n) is 4.50. The highest BCUT2D eigenvalue weighted by Gasteiger charge is 2.08. The molecule has 3 N–H and O–H groups in total. The first-order valence-corrected chi connectivity index (χ1v) is 6.96. The van der Waals surface area contributed by atoms with Crippen LogP contribution in [0.15, 0.2) is 18.2 Å². The largest absolute Gasteiger partial charge is 0.497 e. The van der Waals surface area contributed by atoms with E-state index in [1.54, 1.807) is 26.4 Å². The molecule has 0 aromatic heterocycles. The van der Waals surface area contributed by atoms with Gasteiger partial charge in [-0.15, -0.1) is 0 Å². The van der Waals surface area contributed by atoms with Crippen molar-refractivity contribution in [1.82, 2.24) is 5.32 Å². The van der Waals surface area contributed by atoms with E-state index in [0.29, 0.717) is 31.9 Å². The number of nitrogens with two attached hydrogens (primary N) is 1. The normalized spacial score (nSPS) is 10.2. The van der Waals surface area contributed by atoms with Crippen molar-refractivity contribution >= 4 is 5.91 Å². The second-order valence-corrected chi connectivity index (χ2v) is 4.50. The highest BCUT2D eigenvalue weighted by Crippen LogP contribution is 2.24. The van der Waals surface area contributed by atoms with Crippen molar-refractivity contribution in [2.75, 3.05) is 40.5 Å². The molecule has 21 heavy (non-hydrogen) atoms. The van der Waals surface area contributed by atoms with Crippen molar-refractivity contribution in [2.45, 2.75) is 12.8 Å². The molecule has 6 heteroatoms. The number of carbonyl (C=O) groups is 1. The van der Waals surface area contributed by atoms with Crippen LogP contribution >= 0.6 is 0 Å². The molecule has 1 amide bonds. The van der Waals surface area contributed by atoms with E-state index in [1.165, 1.54) is 0 Å². The number of carbonyl (C=O) groups excluding carboxylic acids is 1. The van der Waals surface area contributed by atoms with E-state index >= 15 is 0 Å². The van der Waals surface area contributed by atoms with Gasteiger partial charge in [-0.2, -0.15) is 0 Å². The molecule has 1 aromatic rings. The van der Waals surface area contributed by atoms with Gasteiger partial charge in [0.05, 0.1) is 7.11 Å². The van der Waals surface area contributed by atoms with Gasteiger partial charge >= 0.3 is 0 Å². The lowest BCUT2D eigenvalue weighted by molar-refractivity contribution is -0.123. The second kappa shape index (κ2) is 10.0. The maximum atomic E-state index is 11.6. The molecule has 0 aliphatic rings. The summed E-state index contributed by atoms with van der Waals surface area (Å²) < 4.78 is 15.6. The summed E-state index contributed by atoms with van der Waals surface area (Å²) in [4.78, 5) is 11.6. The Labute approximate surface area is 125 Å². The SMILES string of the molecule is COCCCNC(=O)COc1ccc(OC)cc1CCN. The number of amides is 1. The summed E-state index contributed by atoms with van der Waals surface area (Å²) in [6, 6.07) is 5.46. The summed E-state index contributed by atoms with van der Waals surface area (Å²) in [6.07, 6.45) is 1.45. The molecule has 0 saturated heterocycles. The predicted octanol–water partition coefficient (Wildman–Crippen LogP) is 0.728. The maximum Gasteiger partial charge on any atom is 0.257 e. The molecule has 0 bridgehead atoms. The number of rotatable bonds is 10. The fourth-order valence-corrected chi connectivity index (χ4v) is 1.81. The molecule has 0 atom stereocenters. The van der Waals surface area contributed by atoms with Crippen LogP contribution in [0.5, 0.6) is 11.5 Å². The van der Waals surface area contributed by atoms with Gasteiger partial charge in [-0.1, -0.05) is 0 Å². The Bertz CT molecular complexity index is 438. The van der Waals surface area contributed by atoms with Crippen molar-refractivity contribution in [3.8, 4) is 11.5 Å². The minimum absolute atomic E-state index is 0.0170. The number of hydrogen-bond donors (Lipinski definition) is 2. The van der Waals surface area contributed by atoms with Gasteiger partial charge in [-0.3, -0.25) is 4.79 Å². The highest BCUT2D eigenvalue weighted by molar-refractivity contribution is 5.77. The standard InChI is InChI=1S/C15H24N2O4/c1-19-9-3-8-17-15(18)11-21-14-5-4-13(20-2)10-12(14)6-7-16/h4-5,10H,3,6-9,11,16H2,1-2H3,(H,17,18). The number of hydrogen-bond acceptors (Lipinski definition) is 5. The van der Waals surface area contributed by atoms with Crippen LogP contribution in [0.4, 0.5) is 0 Å². The first kappa shape index (κ1) is 17.3. The third-order valence-electron chi connectivity index (χ3n) is 2.89. The van der Waals surface area contributed by atoms with E-state index < -0.39 is 0 Å². The summed E-state index contributed by atoms with van der Waals surface area (Å²) >= 11 is 0. The third kappa shape index (κ3) is 6.46. The first-order valence-electron chi connectivity index (χ1n) is 6.96. The molecule has 0 aliphatic heterocycles. The van der Waals surface area contributed by atoms with E-state index in [4.69, 9.17) is 19.9 Å². The zero-order chi connectivity index (χ0) is 15.5. The fourth-order valence-electron chi connectivity index (χ4n) is 1.81. The summed E-state index contributed by atoms with van der Waals surface area (Å²) in [5, 5.41) is 2.77. The van der Waals surface area contributed by atoms with Crippen LogP contribution < -0.4 is 20.5 Å². The lowest BCUT2D eigenvalue weighted by Crippen LogP contribution is -2.30. The molecule has 0 saturated carbocycles. The Morgan fingerprint density at radius 1 is 1.33 bits per heavy atom. The zero-order valence-corrected chi connectivity index (χ0v) is 12.7. The van der Waals surface area contributed by atoms with Crippen molar-refractivity contribution in [1.29, 1.82) is 0 Å². The molecular formula is C15H24N2O4. The van der Waals surface area contributed by atoms with Gasteiger partial charge in [0.25, 0.3) is 5.91 Å². The Balaban J connectivity index is 2.48.